The van der Waals surface area contributed by atoms with E-state index in [9.17, 15) is 0 Å². The van der Waals surface area contributed by atoms with Crippen molar-refractivity contribution in [1.29, 1.82) is 0 Å². The lowest BCUT2D eigenvalue weighted by molar-refractivity contribution is 0.0592. The normalized spacial score (nSPS) is 16.6. The quantitative estimate of drug-likeness (QED) is 0.507. The predicted molar refractivity (Wildman–Crippen MR) is 104 cm³/mol. The van der Waals surface area contributed by atoms with Gasteiger partial charge >= 0.3 is 0 Å². The zero-order valence-electron chi connectivity index (χ0n) is 15.4. The Balaban J connectivity index is 1.80. The average molecular weight is 387 g/mol. The summed E-state index contributed by atoms with van der Waals surface area (Å²) in [7, 11) is 3.22. The van der Waals surface area contributed by atoms with Crippen molar-refractivity contribution in [1.82, 2.24) is 19.5 Å². The summed E-state index contributed by atoms with van der Waals surface area (Å²) in [6.45, 7) is 0.761. The molecule has 1 aromatic carbocycles. The second-order valence-corrected chi connectivity index (χ2v) is 6.79. The van der Waals surface area contributed by atoms with E-state index in [-0.39, 0.29) is 6.23 Å². The van der Waals surface area contributed by atoms with Gasteiger partial charge in [-0.3, -0.25) is 4.57 Å². The number of nitrogens with one attached hydrogen (secondary N) is 1. The molecule has 1 aliphatic rings. The third-order valence-corrected chi connectivity index (χ3v) is 5.00. The molecule has 3 heterocycles. The molecule has 27 heavy (non-hydrogen) atoms. The van der Waals surface area contributed by atoms with E-state index in [1.807, 2.05) is 29.0 Å². The molecule has 9 heteroatoms. The van der Waals surface area contributed by atoms with Gasteiger partial charge < -0.3 is 19.5 Å². The highest BCUT2D eigenvalue weighted by Gasteiger charge is 2.23. The van der Waals surface area contributed by atoms with Crippen LogP contribution in [0.5, 0.6) is 11.5 Å². The molecule has 0 saturated carbocycles. The van der Waals surface area contributed by atoms with Crippen LogP contribution in [0.4, 0.5) is 11.5 Å². The van der Waals surface area contributed by atoms with E-state index in [4.69, 9.17) is 14.2 Å². The second-order valence-electron chi connectivity index (χ2n) is 6.02. The Bertz CT molecular complexity index is 956. The highest BCUT2D eigenvalue weighted by atomic mass is 32.2. The van der Waals surface area contributed by atoms with Crippen LogP contribution in [0.2, 0.25) is 0 Å². The number of aromatic nitrogens is 4. The van der Waals surface area contributed by atoms with Crippen molar-refractivity contribution >= 4 is 34.4 Å². The lowest BCUT2D eigenvalue weighted by atomic mass is 10.2. The Kier molecular flexibility index (Phi) is 5.04. The van der Waals surface area contributed by atoms with Crippen LogP contribution in [0.1, 0.15) is 19.1 Å². The maximum absolute atomic E-state index is 5.80. The number of anilines is 2. The first-order valence-electron chi connectivity index (χ1n) is 8.63. The molecule has 1 N–H and O–H groups in total. The number of thioether (sulfide) groups is 1. The molecule has 1 unspecified atom stereocenters. The summed E-state index contributed by atoms with van der Waals surface area (Å²) in [6, 6.07) is 5.65. The first-order chi connectivity index (χ1) is 13.2. The van der Waals surface area contributed by atoms with Crippen LogP contribution in [-0.4, -0.2) is 46.6 Å². The minimum atomic E-state index is -0.0289. The van der Waals surface area contributed by atoms with Crippen molar-refractivity contribution in [3.05, 3.63) is 24.5 Å². The Morgan fingerprint density at radius 1 is 1.26 bits per heavy atom. The maximum atomic E-state index is 5.80. The van der Waals surface area contributed by atoms with Crippen molar-refractivity contribution in [2.45, 2.75) is 24.2 Å². The SMILES string of the molecule is COc1cccc(Nc2nc(SC)nc3c2ncn3C2CCCO2)c1OC. The number of hydrogen-bond acceptors (Lipinski definition) is 8. The third kappa shape index (κ3) is 3.28. The van der Waals surface area contributed by atoms with Gasteiger partial charge in [-0.25, -0.2) is 15.0 Å². The van der Waals surface area contributed by atoms with Crippen molar-refractivity contribution in [2.75, 3.05) is 32.4 Å². The lowest BCUT2D eigenvalue weighted by Gasteiger charge is -2.15. The Morgan fingerprint density at radius 3 is 2.85 bits per heavy atom. The number of benzene rings is 1. The van der Waals surface area contributed by atoms with Gasteiger partial charge in [0.15, 0.2) is 33.6 Å². The number of fused-ring (bicyclic) bond motifs is 1. The lowest BCUT2D eigenvalue weighted by Crippen LogP contribution is -2.07. The number of ether oxygens (including phenoxy) is 3. The average Bonchev–Trinajstić information content (AvgIpc) is 3.36. The fourth-order valence-corrected chi connectivity index (χ4v) is 3.54. The number of para-hydroxylation sites is 1. The summed E-state index contributed by atoms with van der Waals surface area (Å²) < 4.78 is 18.7. The molecule has 0 aliphatic carbocycles. The van der Waals surface area contributed by atoms with Crippen LogP contribution < -0.4 is 14.8 Å². The highest BCUT2D eigenvalue weighted by molar-refractivity contribution is 7.98. The molecule has 0 amide bonds. The largest absolute Gasteiger partial charge is 0.493 e. The third-order valence-electron chi connectivity index (χ3n) is 4.46. The van der Waals surface area contributed by atoms with Crippen LogP contribution in [0, 0.1) is 0 Å². The molecule has 1 fully saturated rings. The van der Waals surface area contributed by atoms with Crippen LogP contribution in [-0.2, 0) is 4.74 Å². The molecule has 1 aliphatic heterocycles. The van der Waals surface area contributed by atoms with E-state index < -0.39 is 0 Å². The van der Waals surface area contributed by atoms with Crippen LogP contribution in [0.15, 0.2) is 29.7 Å². The molecular formula is C18H21N5O3S. The topological polar surface area (TPSA) is 83.3 Å². The molecule has 3 aromatic rings. The number of hydrogen-bond donors (Lipinski definition) is 1. The fourth-order valence-electron chi connectivity index (χ4n) is 3.18. The Labute approximate surface area is 161 Å². The molecule has 2 aromatic heterocycles. The summed E-state index contributed by atoms with van der Waals surface area (Å²) >= 11 is 1.48. The van der Waals surface area contributed by atoms with Crippen molar-refractivity contribution < 1.29 is 14.2 Å². The summed E-state index contributed by atoms with van der Waals surface area (Å²) in [4.78, 5) is 13.8. The van der Waals surface area contributed by atoms with E-state index in [1.165, 1.54) is 11.8 Å². The van der Waals surface area contributed by atoms with E-state index in [1.54, 1.807) is 20.5 Å². The molecular weight excluding hydrogens is 366 g/mol. The molecule has 8 nitrogen and oxygen atoms in total. The van der Waals surface area contributed by atoms with Gasteiger partial charge in [-0.2, -0.15) is 0 Å². The van der Waals surface area contributed by atoms with Crippen LogP contribution in [0.3, 0.4) is 0 Å². The Hall–Kier alpha value is -2.52. The first-order valence-corrected chi connectivity index (χ1v) is 9.85. The smallest absolute Gasteiger partial charge is 0.191 e. The van der Waals surface area contributed by atoms with E-state index in [0.29, 0.717) is 28.0 Å². The molecule has 142 valence electrons. The summed E-state index contributed by atoms with van der Waals surface area (Å²) in [5, 5.41) is 3.99. The molecule has 1 saturated heterocycles. The number of imidazole rings is 1. The predicted octanol–water partition coefficient (Wildman–Crippen LogP) is 3.62. The van der Waals surface area contributed by atoms with Crippen molar-refractivity contribution in [3.8, 4) is 11.5 Å². The van der Waals surface area contributed by atoms with Gasteiger partial charge in [0.05, 0.1) is 26.2 Å². The number of rotatable bonds is 6. The minimum Gasteiger partial charge on any atom is -0.493 e. The zero-order chi connectivity index (χ0) is 18.8. The van der Waals surface area contributed by atoms with Gasteiger partial charge in [0.1, 0.15) is 6.23 Å². The van der Waals surface area contributed by atoms with E-state index in [2.05, 4.69) is 20.3 Å². The van der Waals surface area contributed by atoms with Gasteiger partial charge in [-0.1, -0.05) is 17.8 Å². The second kappa shape index (κ2) is 7.61. The van der Waals surface area contributed by atoms with Crippen molar-refractivity contribution in [2.24, 2.45) is 0 Å². The van der Waals surface area contributed by atoms with Crippen molar-refractivity contribution in [3.63, 3.8) is 0 Å². The van der Waals surface area contributed by atoms with Gasteiger partial charge in [0, 0.05) is 6.61 Å². The summed E-state index contributed by atoms with van der Waals surface area (Å²) in [6.07, 6.45) is 5.68. The number of nitrogens with zero attached hydrogens (tertiary/aromatic N) is 4. The van der Waals surface area contributed by atoms with Crippen LogP contribution in [0.25, 0.3) is 11.2 Å². The molecule has 0 bridgehead atoms. The Morgan fingerprint density at radius 2 is 2.15 bits per heavy atom. The molecule has 0 spiro atoms. The standard InChI is InChI=1S/C18H21N5O3S/c1-24-12-7-4-6-11(15(12)25-2)20-16-14-17(22-18(21-16)27-3)23(10-19-14)13-8-5-9-26-13/h4,6-7,10,13H,5,8-9H2,1-3H3,(H,20,21,22). The van der Waals surface area contributed by atoms with E-state index in [0.717, 1.165) is 30.8 Å². The van der Waals surface area contributed by atoms with Gasteiger partial charge in [0.25, 0.3) is 0 Å². The molecule has 1 atom stereocenters. The summed E-state index contributed by atoms with van der Waals surface area (Å²) in [5.41, 5.74) is 2.19. The zero-order valence-corrected chi connectivity index (χ0v) is 16.2. The van der Waals surface area contributed by atoms with Crippen LogP contribution >= 0.6 is 11.8 Å². The number of methoxy groups -OCH3 is 2. The highest BCUT2D eigenvalue weighted by Crippen LogP contribution is 2.38. The fraction of sp³-hybridized carbons (Fsp3) is 0.389. The molecule has 4 rings (SSSR count). The van der Waals surface area contributed by atoms with Gasteiger partial charge in [0.2, 0.25) is 0 Å². The van der Waals surface area contributed by atoms with E-state index >= 15 is 0 Å². The first kappa shape index (κ1) is 17.9. The summed E-state index contributed by atoms with van der Waals surface area (Å²) in [5.74, 6) is 1.87. The van der Waals surface area contributed by atoms with Gasteiger partial charge in [-0.05, 0) is 31.2 Å². The maximum Gasteiger partial charge on any atom is 0.191 e. The monoisotopic (exact) mass is 387 g/mol. The molecule has 0 radical (unpaired) electrons. The van der Waals surface area contributed by atoms with Gasteiger partial charge in [-0.15, -0.1) is 0 Å². The minimum absolute atomic E-state index is 0.0289.